The Labute approximate surface area is 111 Å². The summed E-state index contributed by atoms with van der Waals surface area (Å²) in [5.74, 6) is 0.0151. The van der Waals surface area contributed by atoms with E-state index in [1.165, 1.54) is 4.88 Å². The van der Waals surface area contributed by atoms with Gasteiger partial charge < -0.3 is 14.7 Å². The van der Waals surface area contributed by atoms with E-state index in [2.05, 4.69) is 0 Å². The summed E-state index contributed by atoms with van der Waals surface area (Å²) in [5, 5.41) is 11.4. The smallest absolute Gasteiger partial charge is 0.410 e. The van der Waals surface area contributed by atoms with Gasteiger partial charge in [0.15, 0.2) is 0 Å². The molecule has 0 aliphatic carbocycles. The number of thiophene rings is 1. The lowest BCUT2D eigenvalue weighted by Gasteiger charge is -2.33. The first-order chi connectivity index (χ1) is 8.40. The Hall–Kier alpha value is -1.07. The maximum atomic E-state index is 12.0. The zero-order chi connectivity index (χ0) is 13.3. The number of carbonyl (C=O) groups excluding carboxylic acids is 1. The molecule has 0 saturated carbocycles. The molecule has 0 aromatic carbocycles. The van der Waals surface area contributed by atoms with Crippen LogP contribution in [0.5, 0.6) is 0 Å². The van der Waals surface area contributed by atoms with Crippen molar-refractivity contribution in [1.29, 1.82) is 0 Å². The van der Waals surface area contributed by atoms with E-state index in [-0.39, 0.29) is 18.6 Å². The zero-order valence-corrected chi connectivity index (χ0v) is 11.8. The van der Waals surface area contributed by atoms with Crippen molar-refractivity contribution in [3.8, 4) is 0 Å². The average Bonchev–Trinajstić information content (AvgIpc) is 2.73. The Morgan fingerprint density at radius 1 is 1.61 bits per heavy atom. The monoisotopic (exact) mass is 269 g/mol. The first kappa shape index (κ1) is 13.4. The van der Waals surface area contributed by atoms with Gasteiger partial charge in [-0.25, -0.2) is 4.79 Å². The molecule has 1 aromatic heterocycles. The van der Waals surface area contributed by atoms with Crippen molar-refractivity contribution >= 4 is 17.4 Å². The van der Waals surface area contributed by atoms with Crippen LogP contribution in [-0.4, -0.2) is 34.9 Å². The Morgan fingerprint density at radius 2 is 2.33 bits per heavy atom. The minimum atomic E-state index is -0.485. The fraction of sp³-hybridized carbons (Fsp3) is 0.615. The number of nitrogens with zero attached hydrogens (tertiary/aromatic N) is 1. The van der Waals surface area contributed by atoms with Crippen molar-refractivity contribution in [1.82, 2.24) is 4.90 Å². The van der Waals surface area contributed by atoms with Crippen molar-refractivity contribution in [2.24, 2.45) is 0 Å². The van der Waals surface area contributed by atoms with Gasteiger partial charge in [-0.1, -0.05) is 0 Å². The molecular formula is C13H19NO3S. The van der Waals surface area contributed by atoms with E-state index < -0.39 is 5.60 Å². The minimum Gasteiger partial charge on any atom is -0.444 e. The molecule has 1 aliphatic rings. The Balaban J connectivity index is 2.12. The fourth-order valence-corrected chi connectivity index (χ4v) is 3.07. The first-order valence-electron chi connectivity index (χ1n) is 6.06. The van der Waals surface area contributed by atoms with Gasteiger partial charge in [0.05, 0.1) is 13.2 Å². The van der Waals surface area contributed by atoms with E-state index in [0.717, 1.165) is 5.56 Å². The summed E-state index contributed by atoms with van der Waals surface area (Å²) in [5.41, 5.74) is 0.636. The van der Waals surface area contributed by atoms with Crippen molar-refractivity contribution in [3.05, 3.63) is 21.9 Å². The second-order valence-corrected chi connectivity index (χ2v) is 6.50. The number of rotatable bonds is 1. The summed E-state index contributed by atoms with van der Waals surface area (Å²) in [4.78, 5) is 14.9. The Morgan fingerprint density at radius 3 is 2.94 bits per heavy atom. The molecule has 1 aromatic rings. The fourth-order valence-electron chi connectivity index (χ4n) is 2.06. The van der Waals surface area contributed by atoms with E-state index in [1.54, 1.807) is 16.2 Å². The molecule has 0 radical (unpaired) electrons. The largest absolute Gasteiger partial charge is 0.444 e. The number of aliphatic hydroxyl groups excluding tert-OH is 1. The number of ether oxygens (including phenoxy) is 1. The molecule has 5 heteroatoms. The van der Waals surface area contributed by atoms with Crippen molar-refractivity contribution in [3.63, 3.8) is 0 Å². The van der Waals surface area contributed by atoms with E-state index in [9.17, 15) is 9.90 Å². The van der Waals surface area contributed by atoms with Crippen LogP contribution in [0.2, 0.25) is 0 Å². The third-order valence-electron chi connectivity index (χ3n) is 2.83. The van der Waals surface area contributed by atoms with E-state index in [4.69, 9.17) is 4.74 Å². The summed E-state index contributed by atoms with van der Waals surface area (Å²) in [6.07, 6.45) is -0.308. The van der Waals surface area contributed by atoms with E-state index in [1.807, 2.05) is 32.2 Å². The van der Waals surface area contributed by atoms with Crippen molar-refractivity contribution in [2.75, 3.05) is 13.2 Å². The summed E-state index contributed by atoms with van der Waals surface area (Å²) in [6, 6.07) is 2.01. The third-order valence-corrected chi connectivity index (χ3v) is 3.95. The molecule has 0 spiro atoms. The zero-order valence-electron chi connectivity index (χ0n) is 11.0. The highest BCUT2D eigenvalue weighted by Gasteiger charge is 2.31. The van der Waals surface area contributed by atoms with Gasteiger partial charge in [0, 0.05) is 17.3 Å². The molecule has 0 bridgehead atoms. The molecule has 1 amide bonds. The number of carbonyl (C=O) groups is 1. The molecule has 18 heavy (non-hydrogen) atoms. The predicted octanol–water partition coefficient (Wildman–Crippen LogP) is 2.57. The number of fused-ring (bicyclic) bond motifs is 1. The standard InChI is InChI=1S/C13H19NO3S/c1-13(2,3)17-12(16)14-6-9-4-5-18-11(9)10(7-14)8-15/h4-5,10,15H,6-8H2,1-3H3. The number of amides is 1. The van der Waals surface area contributed by atoms with Gasteiger partial charge in [-0.2, -0.15) is 0 Å². The predicted molar refractivity (Wildman–Crippen MR) is 70.8 cm³/mol. The van der Waals surface area contributed by atoms with Gasteiger partial charge in [-0.05, 0) is 37.8 Å². The molecule has 1 aliphatic heterocycles. The Bertz CT molecular complexity index is 436. The van der Waals surface area contributed by atoms with Crippen LogP contribution in [0.4, 0.5) is 4.79 Å². The highest BCUT2D eigenvalue weighted by atomic mass is 32.1. The molecule has 4 nitrogen and oxygen atoms in total. The van der Waals surface area contributed by atoms with Gasteiger partial charge in [-0.3, -0.25) is 0 Å². The number of aliphatic hydroxyl groups is 1. The van der Waals surface area contributed by atoms with E-state index in [0.29, 0.717) is 13.1 Å². The maximum Gasteiger partial charge on any atom is 0.410 e. The molecule has 2 rings (SSSR count). The second-order valence-electron chi connectivity index (χ2n) is 5.55. The number of hydrogen-bond acceptors (Lipinski definition) is 4. The summed E-state index contributed by atoms with van der Waals surface area (Å²) in [6.45, 7) is 6.73. The van der Waals surface area contributed by atoms with Crippen LogP contribution < -0.4 is 0 Å². The first-order valence-corrected chi connectivity index (χ1v) is 6.93. The van der Waals surface area contributed by atoms with Crippen molar-refractivity contribution in [2.45, 2.75) is 38.8 Å². The lowest BCUT2D eigenvalue weighted by atomic mass is 10.00. The molecule has 100 valence electrons. The molecule has 0 fully saturated rings. The normalized spacial score (nSPS) is 19.6. The van der Waals surface area contributed by atoms with Gasteiger partial charge in [0.2, 0.25) is 0 Å². The lowest BCUT2D eigenvalue weighted by Crippen LogP contribution is -2.41. The van der Waals surface area contributed by atoms with Crippen LogP contribution in [-0.2, 0) is 11.3 Å². The van der Waals surface area contributed by atoms with Crippen LogP contribution in [0, 0.1) is 0 Å². The highest BCUT2D eigenvalue weighted by Crippen LogP contribution is 2.33. The minimum absolute atomic E-state index is 0.0151. The van der Waals surface area contributed by atoms with Gasteiger partial charge >= 0.3 is 6.09 Å². The maximum absolute atomic E-state index is 12.0. The lowest BCUT2D eigenvalue weighted by molar-refractivity contribution is 0.0193. The quantitative estimate of drug-likeness (QED) is 0.852. The topological polar surface area (TPSA) is 49.8 Å². The van der Waals surface area contributed by atoms with Gasteiger partial charge in [0.1, 0.15) is 5.60 Å². The molecule has 0 saturated heterocycles. The molecule has 1 N–H and O–H groups in total. The molecular weight excluding hydrogens is 250 g/mol. The number of hydrogen-bond donors (Lipinski definition) is 1. The van der Waals surface area contributed by atoms with Crippen LogP contribution in [0.1, 0.15) is 37.1 Å². The molecule has 1 atom stereocenters. The average molecular weight is 269 g/mol. The van der Waals surface area contributed by atoms with Gasteiger partial charge in [0.25, 0.3) is 0 Å². The van der Waals surface area contributed by atoms with Crippen LogP contribution in [0.15, 0.2) is 11.4 Å². The third kappa shape index (κ3) is 2.84. The van der Waals surface area contributed by atoms with Crippen LogP contribution >= 0.6 is 11.3 Å². The van der Waals surface area contributed by atoms with E-state index >= 15 is 0 Å². The second kappa shape index (κ2) is 4.90. The molecule has 1 unspecified atom stereocenters. The SMILES string of the molecule is CC(C)(C)OC(=O)N1Cc2ccsc2C(CO)C1. The Kier molecular flexibility index (Phi) is 3.64. The van der Waals surface area contributed by atoms with Crippen molar-refractivity contribution < 1.29 is 14.6 Å². The summed E-state index contributed by atoms with van der Waals surface area (Å²) in [7, 11) is 0. The van der Waals surface area contributed by atoms with Gasteiger partial charge in [-0.15, -0.1) is 11.3 Å². The molecule has 2 heterocycles. The highest BCUT2D eigenvalue weighted by molar-refractivity contribution is 7.10. The van der Waals surface area contributed by atoms with Crippen LogP contribution in [0.3, 0.4) is 0 Å². The summed E-state index contributed by atoms with van der Waals surface area (Å²) >= 11 is 1.65. The summed E-state index contributed by atoms with van der Waals surface area (Å²) < 4.78 is 5.37. The van der Waals surface area contributed by atoms with Crippen LogP contribution in [0.25, 0.3) is 0 Å².